The second-order valence-electron chi connectivity index (χ2n) is 7.59. The number of nitrogens with one attached hydrogen (secondary N) is 3. The number of sulfonamides is 1. The Labute approximate surface area is 189 Å². The van der Waals surface area contributed by atoms with E-state index in [2.05, 4.69) is 30.3 Å². The first-order chi connectivity index (χ1) is 15.4. The number of benzene rings is 2. The highest BCUT2D eigenvalue weighted by Crippen LogP contribution is 2.34. The zero-order valence-corrected chi connectivity index (χ0v) is 18.7. The van der Waals surface area contributed by atoms with E-state index >= 15 is 0 Å². The predicted octanol–water partition coefficient (Wildman–Crippen LogP) is 4.41. The van der Waals surface area contributed by atoms with Crippen molar-refractivity contribution in [1.82, 2.24) is 19.5 Å². The lowest BCUT2D eigenvalue weighted by molar-refractivity contribution is 0.600. The molecule has 11 heteroatoms. The molecule has 0 amide bonds. The molecule has 32 heavy (non-hydrogen) atoms. The van der Waals surface area contributed by atoms with Gasteiger partial charge >= 0.3 is 0 Å². The molecule has 0 radical (unpaired) electrons. The van der Waals surface area contributed by atoms with Gasteiger partial charge in [-0.15, -0.1) is 0 Å². The van der Waals surface area contributed by atoms with Gasteiger partial charge in [-0.3, -0.25) is 4.72 Å². The van der Waals surface area contributed by atoms with Crippen LogP contribution in [0.15, 0.2) is 55.0 Å². The summed E-state index contributed by atoms with van der Waals surface area (Å²) in [7, 11) is -1.48. The third-order valence-corrected chi connectivity index (χ3v) is 7.25. The van der Waals surface area contributed by atoms with E-state index in [4.69, 9.17) is 11.6 Å². The lowest BCUT2D eigenvalue weighted by Gasteiger charge is -2.15. The van der Waals surface area contributed by atoms with Gasteiger partial charge in [0.15, 0.2) is 5.82 Å². The Morgan fingerprint density at radius 3 is 2.62 bits per heavy atom. The van der Waals surface area contributed by atoms with E-state index in [-0.39, 0.29) is 5.25 Å². The van der Waals surface area contributed by atoms with Crippen LogP contribution in [0.1, 0.15) is 12.8 Å². The first-order valence-electron chi connectivity index (χ1n) is 9.97. The van der Waals surface area contributed by atoms with Gasteiger partial charge in [0.1, 0.15) is 5.02 Å². The van der Waals surface area contributed by atoms with Crippen LogP contribution in [0.2, 0.25) is 5.02 Å². The number of para-hydroxylation sites is 2. The molecule has 0 aliphatic heterocycles. The van der Waals surface area contributed by atoms with Crippen LogP contribution in [0, 0.1) is 0 Å². The van der Waals surface area contributed by atoms with Crippen molar-refractivity contribution in [3.63, 3.8) is 0 Å². The molecule has 164 valence electrons. The van der Waals surface area contributed by atoms with E-state index in [1.54, 1.807) is 30.6 Å². The van der Waals surface area contributed by atoms with E-state index in [1.807, 2.05) is 29.8 Å². The van der Waals surface area contributed by atoms with Crippen molar-refractivity contribution in [3.8, 4) is 0 Å². The monoisotopic (exact) mass is 469 g/mol. The Bertz CT molecular complexity index is 1420. The molecule has 2 aromatic carbocycles. The molecule has 0 unspecified atom stereocenters. The fourth-order valence-corrected chi connectivity index (χ4v) is 4.82. The van der Waals surface area contributed by atoms with Crippen LogP contribution in [-0.4, -0.2) is 33.2 Å². The van der Waals surface area contributed by atoms with Gasteiger partial charge in [0.2, 0.25) is 16.0 Å². The van der Waals surface area contributed by atoms with Gasteiger partial charge in [0.05, 0.1) is 40.2 Å². The smallest absolute Gasteiger partial charge is 0.235 e. The number of anilines is 5. The SMILES string of the molecule is Cn1cnc2ccc(Nc3ncc(Cl)c(Nc4ccccc4NS(=O)(=O)C4CC4)n3)cc21. The fourth-order valence-electron chi connectivity index (χ4n) is 3.27. The Hall–Kier alpha value is -3.37. The Morgan fingerprint density at radius 1 is 1.06 bits per heavy atom. The Morgan fingerprint density at radius 2 is 1.84 bits per heavy atom. The van der Waals surface area contributed by atoms with Gasteiger partial charge in [-0.1, -0.05) is 23.7 Å². The number of hydrogen-bond acceptors (Lipinski definition) is 7. The molecule has 3 N–H and O–H groups in total. The highest BCUT2D eigenvalue weighted by Gasteiger charge is 2.36. The van der Waals surface area contributed by atoms with Crippen molar-refractivity contribution in [2.45, 2.75) is 18.1 Å². The summed E-state index contributed by atoms with van der Waals surface area (Å²) < 4.78 is 29.4. The van der Waals surface area contributed by atoms with Crippen LogP contribution in [0.25, 0.3) is 11.0 Å². The summed E-state index contributed by atoms with van der Waals surface area (Å²) in [6.07, 6.45) is 4.60. The molecule has 1 aliphatic carbocycles. The molecule has 5 rings (SSSR count). The molecule has 2 aromatic heterocycles. The zero-order valence-electron chi connectivity index (χ0n) is 17.1. The summed E-state index contributed by atoms with van der Waals surface area (Å²) >= 11 is 6.31. The number of aromatic nitrogens is 4. The fraction of sp³-hybridized carbons (Fsp3) is 0.190. The van der Waals surface area contributed by atoms with Crippen LogP contribution in [0.5, 0.6) is 0 Å². The Kier molecular flexibility index (Phi) is 5.10. The Balaban J connectivity index is 1.40. The third-order valence-electron chi connectivity index (χ3n) is 5.12. The first-order valence-corrected chi connectivity index (χ1v) is 11.9. The van der Waals surface area contributed by atoms with Gasteiger partial charge < -0.3 is 15.2 Å². The van der Waals surface area contributed by atoms with Gasteiger partial charge in [-0.05, 0) is 43.2 Å². The van der Waals surface area contributed by atoms with Crippen molar-refractivity contribution in [1.29, 1.82) is 0 Å². The maximum Gasteiger partial charge on any atom is 0.235 e. The standard InChI is InChI=1S/C21H20ClN7O2S/c1-29-12-24-18-9-6-13(10-19(18)29)25-21-23-11-15(22)20(27-21)26-16-4-2-3-5-17(16)28-32(30,31)14-7-8-14/h2-6,9-12,14,28H,7-8H2,1H3,(H2,23,25,26,27). The number of aryl methyl sites for hydroxylation is 1. The number of hydrogen-bond donors (Lipinski definition) is 3. The highest BCUT2D eigenvalue weighted by molar-refractivity contribution is 7.93. The molecule has 4 aromatic rings. The number of nitrogens with zero attached hydrogens (tertiary/aromatic N) is 4. The van der Waals surface area contributed by atoms with Crippen LogP contribution in [0.4, 0.5) is 28.8 Å². The highest BCUT2D eigenvalue weighted by atomic mass is 35.5. The van der Waals surface area contributed by atoms with E-state index in [1.165, 1.54) is 6.20 Å². The molecule has 2 heterocycles. The van der Waals surface area contributed by atoms with Gasteiger partial charge in [-0.2, -0.15) is 4.98 Å². The molecular weight excluding hydrogens is 450 g/mol. The van der Waals surface area contributed by atoms with Crippen molar-refractivity contribution in [2.24, 2.45) is 7.05 Å². The van der Waals surface area contributed by atoms with Crippen LogP contribution >= 0.6 is 11.6 Å². The van der Waals surface area contributed by atoms with Crippen LogP contribution in [0.3, 0.4) is 0 Å². The number of rotatable bonds is 7. The van der Waals surface area contributed by atoms with E-state index < -0.39 is 10.0 Å². The third kappa shape index (κ3) is 4.19. The summed E-state index contributed by atoms with van der Waals surface area (Å²) in [5.41, 5.74) is 3.64. The molecule has 0 saturated heterocycles. The van der Waals surface area contributed by atoms with Crippen molar-refractivity contribution >= 4 is 61.5 Å². The minimum Gasteiger partial charge on any atom is -0.337 e. The van der Waals surface area contributed by atoms with Crippen molar-refractivity contribution in [2.75, 3.05) is 15.4 Å². The number of fused-ring (bicyclic) bond motifs is 1. The predicted molar refractivity (Wildman–Crippen MR) is 126 cm³/mol. The van der Waals surface area contributed by atoms with Crippen LogP contribution in [-0.2, 0) is 17.1 Å². The van der Waals surface area contributed by atoms with Gasteiger partial charge in [0.25, 0.3) is 0 Å². The summed E-state index contributed by atoms with van der Waals surface area (Å²) in [5, 5.41) is 6.26. The second-order valence-corrected chi connectivity index (χ2v) is 9.96. The molecule has 9 nitrogen and oxygen atoms in total. The van der Waals surface area contributed by atoms with E-state index in [9.17, 15) is 8.42 Å². The lowest BCUT2D eigenvalue weighted by atomic mass is 10.2. The second kappa shape index (κ2) is 7.95. The summed E-state index contributed by atoms with van der Waals surface area (Å²) in [4.78, 5) is 13.0. The summed E-state index contributed by atoms with van der Waals surface area (Å²) in [6.45, 7) is 0. The largest absolute Gasteiger partial charge is 0.337 e. The zero-order chi connectivity index (χ0) is 22.3. The minimum absolute atomic E-state index is 0.303. The quantitative estimate of drug-likeness (QED) is 0.367. The maximum atomic E-state index is 12.4. The summed E-state index contributed by atoms with van der Waals surface area (Å²) in [6, 6.07) is 12.8. The van der Waals surface area contributed by atoms with Crippen molar-refractivity contribution < 1.29 is 8.42 Å². The molecule has 1 saturated carbocycles. The first kappa shape index (κ1) is 20.5. The van der Waals surface area contributed by atoms with E-state index in [0.717, 1.165) is 16.7 Å². The minimum atomic E-state index is -3.41. The average molecular weight is 470 g/mol. The lowest BCUT2D eigenvalue weighted by Crippen LogP contribution is -2.18. The average Bonchev–Trinajstić information content (AvgIpc) is 3.57. The summed E-state index contributed by atoms with van der Waals surface area (Å²) in [5.74, 6) is 0.693. The van der Waals surface area contributed by atoms with Gasteiger partial charge in [0, 0.05) is 12.7 Å². The van der Waals surface area contributed by atoms with E-state index in [0.29, 0.717) is 41.0 Å². The normalized spacial score (nSPS) is 13.8. The number of halogens is 1. The molecular formula is C21H20ClN7O2S. The molecule has 0 spiro atoms. The molecule has 0 atom stereocenters. The maximum absolute atomic E-state index is 12.4. The molecule has 1 fully saturated rings. The van der Waals surface area contributed by atoms with Crippen LogP contribution < -0.4 is 15.4 Å². The number of imidazole rings is 1. The molecule has 1 aliphatic rings. The molecule has 0 bridgehead atoms. The van der Waals surface area contributed by atoms with Gasteiger partial charge in [-0.25, -0.2) is 18.4 Å². The van der Waals surface area contributed by atoms with Crippen molar-refractivity contribution in [3.05, 3.63) is 60.0 Å². The topological polar surface area (TPSA) is 114 Å².